The molecule has 100 valence electrons. The number of ether oxygens (including phenoxy) is 1. The molecule has 1 aromatic carbocycles. The summed E-state index contributed by atoms with van der Waals surface area (Å²) in [6, 6.07) is 11.6. The first-order chi connectivity index (χ1) is 9.24. The Hall–Kier alpha value is -1.66. The van der Waals surface area contributed by atoms with Gasteiger partial charge in [-0.15, -0.1) is 23.1 Å². The van der Waals surface area contributed by atoms with E-state index in [0.29, 0.717) is 5.84 Å². The predicted molar refractivity (Wildman–Crippen MR) is 83.4 cm³/mol. The van der Waals surface area contributed by atoms with Gasteiger partial charge in [0.2, 0.25) is 0 Å². The second-order valence-corrected chi connectivity index (χ2v) is 5.82. The van der Waals surface area contributed by atoms with Crippen LogP contribution < -0.4 is 15.9 Å². The summed E-state index contributed by atoms with van der Waals surface area (Å²) < 4.78 is 6.44. The monoisotopic (exact) mass is 293 g/mol. The Morgan fingerprint density at radius 2 is 2.11 bits per heavy atom. The van der Waals surface area contributed by atoms with Crippen LogP contribution in [0.25, 0.3) is 0 Å². The van der Waals surface area contributed by atoms with Crippen molar-refractivity contribution in [2.75, 3.05) is 18.8 Å². The number of rotatable bonds is 5. The summed E-state index contributed by atoms with van der Waals surface area (Å²) in [6.45, 7) is 0. The number of methoxy groups -OCH3 is 1. The van der Waals surface area contributed by atoms with Crippen molar-refractivity contribution in [1.82, 2.24) is 0 Å². The second kappa shape index (κ2) is 6.49. The molecule has 0 unspecified atom stereocenters. The zero-order valence-corrected chi connectivity index (χ0v) is 12.3. The summed E-state index contributed by atoms with van der Waals surface area (Å²) in [7, 11) is 1.62. The summed E-state index contributed by atoms with van der Waals surface area (Å²) in [5, 5.41) is 4.19. The third kappa shape index (κ3) is 3.42. The van der Waals surface area contributed by atoms with Crippen molar-refractivity contribution in [3.63, 3.8) is 0 Å². The molecule has 0 bridgehead atoms. The van der Waals surface area contributed by atoms with E-state index in [2.05, 4.69) is 10.5 Å². The number of hydrogen-bond acceptors (Lipinski definition) is 5. The van der Waals surface area contributed by atoms with Crippen LogP contribution in [0.4, 0.5) is 5.69 Å². The van der Waals surface area contributed by atoms with E-state index in [0.717, 1.165) is 16.3 Å². The lowest BCUT2D eigenvalue weighted by atomic mass is 10.3. The molecule has 19 heavy (non-hydrogen) atoms. The quantitative estimate of drug-likeness (QED) is 0.385. The van der Waals surface area contributed by atoms with Crippen molar-refractivity contribution < 1.29 is 4.74 Å². The van der Waals surface area contributed by atoms with Gasteiger partial charge < -0.3 is 10.5 Å². The largest absolute Gasteiger partial charge is 0.495 e. The van der Waals surface area contributed by atoms with E-state index in [1.54, 1.807) is 30.2 Å². The van der Waals surface area contributed by atoms with Crippen LogP contribution in [0.2, 0.25) is 0 Å². The third-order valence-corrected chi connectivity index (χ3v) is 4.63. The van der Waals surface area contributed by atoms with Gasteiger partial charge in [0.25, 0.3) is 0 Å². The predicted octanol–water partition coefficient (Wildman–Crippen LogP) is 3.21. The SMILES string of the molecule is COc1ccccc1NN=C(N)c1ccc(SC)s1. The number of para-hydroxylation sites is 2. The Balaban J connectivity index is 2.13. The number of thiophene rings is 1. The number of hydrogen-bond donors (Lipinski definition) is 2. The van der Waals surface area contributed by atoms with Crippen molar-refractivity contribution >= 4 is 34.6 Å². The molecule has 0 spiro atoms. The van der Waals surface area contributed by atoms with Crippen LogP contribution in [0.3, 0.4) is 0 Å². The molecule has 0 atom stereocenters. The Labute approximate surface area is 120 Å². The molecule has 2 aromatic rings. The Bertz CT molecular complexity index is 581. The highest BCUT2D eigenvalue weighted by molar-refractivity contribution is 8.00. The number of nitrogens with zero attached hydrogens (tertiary/aromatic N) is 1. The van der Waals surface area contributed by atoms with Gasteiger partial charge >= 0.3 is 0 Å². The molecule has 2 rings (SSSR count). The molecule has 0 aliphatic rings. The van der Waals surface area contributed by atoms with Gasteiger partial charge in [0.1, 0.15) is 5.75 Å². The van der Waals surface area contributed by atoms with Gasteiger partial charge in [-0.3, -0.25) is 5.43 Å². The van der Waals surface area contributed by atoms with Gasteiger partial charge in [0.15, 0.2) is 5.84 Å². The molecular weight excluding hydrogens is 278 g/mol. The molecule has 6 heteroatoms. The fraction of sp³-hybridized carbons (Fsp3) is 0.154. The molecule has 0 radical (unpaired) electrons. The van der Waals surface area contributed by atoms with Crippen LogP contribution in [0.5, 0.6) is 5.75 Å². The zero-order chi connectivity index (χ0) is 13.7. The highest BCUT2D eigenvalue weighted by Crippen LogP contribution is 2.26. The first-order valence-electron chi connectivity index (χ1n) is 5.61. The van der Waals surface area contributed by atoms with E-state index in [1.165, 1.54) is 4.21 Å². The molecule has 0 saturated carbocycles. The van der Waals surface area contributed by atoms with E-state index in [1.807, 2.05) is 42.7 Å². The van der Waals surface area contributed by atoms with Crippen LogP contribution in [0.1, 0.15) is 4.88 Å². The number of benzene rings is 1. The molecule has 4 nitrogen and oxygen atoms in total. The average Bonchev–Trinajstić information content (AvgIpc) is 2.94. The van der Waals surface area contributed by atoms with Crippen LogP contribution in [-0.4, -0.2) is 19.2 Å². The van der Waals surface area contributed by atoms with Crippen molar-refractivity contribution in [2.24, 2.45) is 10.8 Å². The molecule has 0 saturated heterocycles. The maximum Gasteiger partial charge on any atom is 0.161 e. The summed E-state index contributed by atoms with van der Waals surface area (Å²) in [5.74, 6) is 1.20. The molecule has 0 aliphatic carbocycles. The minimum atomic E-state index is 0.469. The van der Waals surface area contributed by atoms with Crippen LogP contribution in [0.15, 0.2) is 45.7 Å². The molecule has 3 N–H and O–H groups in total. The summed E-state index contributed by atoms with van der Waals surface area (Å²) in [5.41, 5.74) is 9.66. The smallest absolute Gasteiger partial charge is 0.161 e. The van der Waals surface area contributed by atoms with E-state index in [4.69, 9.17) is 10.5 Å². The standard InChI is InChI=1S/C13H15N3OS2/c1-17-10-6-4-3-5-9(10)15-16-13(14)11-7-8-12(18-2)19-11/h3-8,15H,1-2H3,(H2,14,16). The molecule has 0 amide bonds. The fourth-order valence-corrected chi connectivity index (χ4v) is 2.93. The molecule has 1 aromatic heterocycles. The number of amidine groups is 1. The average molecular weight is 293 g/mol. The maximum absolute atomic E-state index is 5.95. The van der Waals surface area contributed by atoms with E-state index >= 15 is 0 Å². The number of nitrogens with two attached hydrogens (primary N) is 1. The number of nitrogens with one attached hydrogen (secondary N) is 1. The van der Waals surface area contributed by atoms with Gasteiger partial charge in [-0.05, 0) is 30.5 Å². The molecule has 0 aliphatic heterocycles. The minimum Gasteiger partial charge on any atom is -0.495 e. The Morgan fingerprint density at radius 1 is 1.32 bits per heavy atom. The van der Waals surface area contributed by atoms with Crippen molar-refractivity contribution in [2.45, 2.75) is 4.21 Å². The summed E-state index contributed by atoms with van der Waals surface area (Å²) >= 11 is 3.32. The van der Waals surface area contributed by atoms with E-state index in [-0.39, 0.29) is 0 Å². The fourth-order valence-electron chi connectivity index (χ4n) is 1.48. The summed E-state index contributed by atoms with van der Waals surface area (Å²) in [4.78, 5) is 0.951. The Morgan fingerprint density at radius 3 is 2.79 bits per heavy atom. The second-order valence-electron chi connectivity index (χ2n) is 3.63. The highest BCUT2D eigenvalue weighted by atomic mass is 32.2. The van der Waals surface area contributed by atoms with Gasteiger partial charge in [-0.2, -0.15) is 5.10 Å². The van der Waals surface area contributed by atoms with Gasteiger partial charge in [-0.25, -0.2) is 0 Å². The summed E-state index contributed by atoms with van der Waals surface area (Å²) in [6.07, 6.45) is 2.04. The van der Waals surface area contributed by atoms with E-state index < -0.39 is 0 Å². The first kappa shape index (κ1) is 13.8. The lowest BCUT2D eigenvalue weighted by Crippen LogP contribution is -2.13. The lowest BCUT2D eigenvalue weighted by molar-refractivity contribution is 0.416. The van der Waals surface area contributed by atoms with Crippen LogP contribution in [0, 0.1) is 0 Å². The van der Waals surface area contributed by atoms with Crippen molar-refractivity contribution in [3.05, 3.63) is 41.3 Å². The van der Waals surface area contributed by atoms with Gasteiger partial charge in [-0.1, -0.05) is 12.1 Å². The van der Waals surface area contributed by atoms with Gasteiger partial charge in [0, 0.05) is 0 Å². The third-order valence-electron chi connectivity index (χ3n) is 2.44. The topological polar surface area (TPSA) is 59.6 Å². The highest BCUT2D eigenvalue weighted by Gasteiger charge is 2.04. The molecular formula is C13H15N3OS2. The van der Waals surface area contributed by atoms with Gasteiger partial charge in [0.05, 0.1) is 21.9 Å². The number of anilines is 1. The minimum absolute atomic E-state index is 0.469. The molecule has 1 heterocycles. The van der Waals surface area contributed by atoms with Crippen molar-refractivity contribution in [3.8, 4) is 5.75 Å². The first-order valence-corrected chi connectivity index (χ1v) is 7.65. The van der Waals surface area contributed by atoms with Crippen molar-refractivity contribution in [1.29, 1.82) is 0 Å². The normalized spacial score (nSPS) is 11.4. The molecule has 0 fully saturated rings. The van der Waals surface area contributed by atoms with E-state index in [9.17, 15) is 0 Å². The van der Waals surface area contributed by atoms with Crippen LogP contribution >= 0.6 is 23.1 Å². The van der Waals surface area contributed by atoms with Crippen LogP contribution in [-0.2, 0) is 0 Å². The number of hydrazone groups is 1. The lowest BCUT2D eigenvalue weighted by Gasteiger charge is -2.07. The maximum atomic E-state index is 5.95. The zero-order valence-electron chi connectivity index (χ0n) is 10.7. The number of thioether (sulfide) groups is 1. The Kier molecular flexibility index (Phi) is 4.70.